The van der Waals surface area contributed by atoms with Crippen LogP contribution in [0.25, 0.3) is 0 Å². The maximum atomic E-state index is 9.48. The highest BCUT2D eigenvalue weighted by Gasteiger charge is 2.12. The van der Waals surface area contributed by atoms with Crippen molar-refractivity contribution in [2.75, 3.05) is 7.11 Å². The van der Waals surface area contributed by atoms with Crippen molar-refractivity contribution >= 4 is 11.3 Å². The summed E-state index contributed by atoms with van der Waals surface area (Å²) in [6, 6.07) is 8.96. The molecule has 3 N–H and O–H groups in total. The summed E-state index contributed by atoms with van der Waals surface area (Å²) in [5.41, 5.74) is 7.04. The van der Waals surface area contributed by atoms with E-state index in [1.807, 2.05) is 23.6 Å². The molecule has 16 heavy (non-hydrogen) atoms. The van der Waals surface area contributed by atoms with Gasteiger partial charge in [0.2, 0.25) is 0 Å². The number of phenolic OH excluding ortho intramolecular Hbond substituents is 1. The normalized spacial score (nSPS) is 12.4. The maximum absolute atomic E-state index is 9.48. The molecule has 0 aliphatic carbocycles. The highest BCUT2D eigenvalue weighted by atomic mass is 32.1. The number of benzene rings is 1. The molecule has 0 aliphatic rings. The summed E-state index contributed by atoms with van der Waals surface area (Å²) in [4.78, 5) is 1.09. The minimum Gasteiger partial charge on any atom is -0.504 e. The van der Waals surface area contributed by atoms with Crippen molar-refractivity contribution in [3.8, 4) is 11.5 Å². The summed E-state index contributed by atoms with van der Waals surface area (Å²) >= 11 is 1.62. The van der Waals surface area contributed by atoms with Crippen LogP contribution in [0, 0.1) is 0 Å². The van der Waals surface area contributed by atoms with Crippen LogP contribution in [0.5, 0.6) is 11.5 Å². The lowest BCUT2D eigenvalue weighted by molar-refractivity contribution is 0.373. The number of nitrogens with two attached hydrogens (primary N) is 1. The van der Waals surface area contributed by atoms with E-state index in [4.69, 9.17) is 10.5 Å². The Kier molecular flexibility index (Phi) is 3.12. The molecule has 1 aromatic heterocycles. The fourth-order valence-electron chi connectivity index (χ4n) is 1.52. The molecule has 0 unspecified atom stereocenters. The third-order valence-electron chi connectivity index (χ3n) is 2.41. The van der Waals surface area contributed by atoms with Gasteiger partial charge in [-0.15, -0.1) is 11.3 Å². The van der Waals surface area contributed by atoms with E-state index in [1.165, 1.54) is 7.11 Å². The lowest BCUT2D eigenvalue weighted by Crippen LogP contribution is -2.10. The standard InChI is InChI=1S/C12H13NO2S/c1-15-10-7-8(4-5-9(10)14)12(13)11-3-2-6-16-11/h2-7,12,14H,13H2,1H3/t12-/m0/s1. The first-order valence-electron chi connectivity index (χ1n) is 4.88. The summed E-state index contributed by atoms with van der Waals surface area (Å²) in [6.07, 6.45) is 0. The molecule has 0 bridgehead atoms. The first kappa shape index (κ1) is 11.0. The van der Waals surface area contributed by atoms with Crippen LogP contribution in [0.1, 0.15) is 16.5 Å². The van der Waals surface area contributed by atoms with Gasteiger partial charge >= 0.3 is 0 Å². The van der Waals surface area contributed by atoms with Crippen LogP contribution in [0.15, 0.2) is 35.7 Å². The second-order valence-corrected chi connectivity index (χ2v) is 4.40. The van der Waals surface area contributed by atoms with Gasteiger partial charge in [-0.3, -0.25) is 0 Å². The molecule has 1 aromatic carbocycles. The van der Waals surface area contributed by atoms with Crippen LogP contribution in [-0.2, 0) is 0 Å². The Bertz CT molecular complexity index is 468. The average Bonchev–Trinajstić information content (AvgIpc) is 2.82. The Balaban J connectivity index is 2.34. The number of methoxy groups -OCH3 is 1. The number of rotatable bonds is 3. The molecule has 0 saturated carbocycles. The van der Waals surface area contributed by atoms with Crippen LogP contribution in [0.3, 0.4) is 0 Å². The number of hydrogen-bond acceptors (Lipinski definition) is 4. The summed E-state index contributed by atoms with van der Waals surface area (Å²) < 4.78 is 5.05. The quantitative estimate of drug-likeness (QED) is 0.859. The molecule has 0 radical (unpaired) electrons. The molecule has 1 heterocycles. The van der Waals surface area contributed by atoms with E-state index in [9.17, 15) is 5.11 Å². The molecule has 2 aromatic rings. The number of phenols is 1. The number of aromatic hydroxyl groups is 1. The fraction of sp³-hybridized carbons (Fsp3) is 0.167. The van der Waals surface area contributed by atoms with Gasteiger partial charge in [0.1, 0.15) is 0 Å². The number of hydrogen-bond donors (Lipinski definition) is 2. The van der Waals surface area contributed by atoms with Crippen molar-refractivity contribution in [2.24, 2.45) is 5.73 Å². The molecule has 4 heteroatoms. The van der Waals surface area contributed by atoms with Crippen molar-refractivity contribution in [1.29, 1.82) is 0 Å². The smallest absolute Gasteiger partial charge is 0.160 e. The van der Waals surface area contributed by atoms with Crippen LogP contribution in [0.4, 0.5) is 0 Å². The second kappa shape index (κ2) is 4.55. The molecule has 0 amide bonds. The van der Waals surface area contributed by atoms with E-state index < -0.39 is 0 Å². The molecule has 0 fully saturated rings. The van der Waals surface area contributed by atoms with Gasteiger partial charge in [0, 0.05) is 4.88 Å². The Hall–Kier alpha value is -1.52. The zero-order valence-electron chi connectivity index (χ0n) is 8.88. The average molecular weight is 235 g/mol. The summed E-state index contributed by atoms with van der Waals surface area (Å²) in [6.45, 7) is 0. The summed E-state index contributed by atoms with van der Waals surface area (Å²) in [5.74, 6) is 0.578. The second-order valence-electron chi connectivity index (χ2n) is 3.42. The van der Waals surface area contributed by atoms with Crippen molar-refractivity contribution in [3.63, 3.8) is 0 Å². The molecule has 84 valence electrons. The first-order valence-corrected chi connectivity index (χ1v) is 5.76. The van der Waals surface area contributed by atoms with E-state index in [2.05, 4.69) is 0 Å². The molecule has 0 spiro atoms. The Morgan fingerprint density at radius 1 is 1.38 bits per heavy atom. The summed E-state index contributed by atoms with van der Waals surface area (Å²) in [5, 5.41) is 11.5. The van der Waals surface area contributed by atoms with E-state index in [0.717, 1.165) is 10.4 Å². The van der Waals surface area contributed by atoms with Crippen LogP contribution in [0.2, 0.25) is 0 Å². The van der Waals surface area contributed by atoms with Gasteiger partial charge in [-0.1, -0.05) is 12.1 Å². The third-order valence-corrected chi connectivity index (χ3v) is 3.37. The maximum Gasteiger partial charge on any atom is 0.160 e. The lowest BCUT2D eigenvalue weighted by atomic mass is 10.1. The van der Waals surface area contributed by atoms with Crippen LogP contribution < -0.4 is 10.5 Å². The van der Waals surface area contributed by atoms with Gasteiger partial charge in [-0.05, 0) is 29.1 Å². The van der Waals surface area contributed by atoms with Crippen molar-refractivity contribution in [3.05, 3.63) is 46.2 Å². The fourth-order valence-corrected chi connectivity index (χ4v) is 2.27. The third kappa shape index (κ3) is 2.03. The molecular weight excluding hydrogens is 222 g/mol. The van der Waals surface area contributed by atoms with Gasteiger partial charge in [-0.25, -0.2) is 0 Å². The molecule has 1 atom stereocenters. The minimum absolute atomic E-state index is 0.129. The zero-order valence-corrected chi connectivity index (χ0v) is 9.70. The Morgan fingerprint density at radius 3 is 2.81 bits per heavy atom. The zero-order chi connectivity index (χ0) is 11.5. The molecule has 2 rings (SSSR count). The van der Waals surface area contributed by atoms with Crippen molar-refractivity contribution in [1.82, 2.24) is 0 Å². The van der Waals surface area contributed by atoms with Crippen molar-refractivity contribution in [2.45, 2.75) is 6.04 Å². The highest BCUT2D eigenvalue weighted by molar-refractivity contribution is 7.10. The van der Waals surface area contributed by atoms with Crippen molar-refractivity contribution < 1.29 is 9.84 Å². The SMILES string of the molecule is COc1cc([C@H](N)c2cccs2)ccc1O. The minimum atomic E-state index is -0.172. The molecule has 0 saturated heterocycles. The monoisotopic (exact) mass is 235 g/mol. The van der Waals surface area contributed by atoms with Gasteiger partial charge < -0.3 is 15.6 Å². The van der Waals surface area contributed by atoms with E-state index in [0.29, 0.717) is 5.75 Å². The van der Waals surface area contributed by atoms with Crippen LogP contribution in [-0.4, -0.2) is 12.2 Å². The predicted molar refractivity (Wildman–Crippen MR) is 65.0 cm³/mol. The Labute approximate surface area is 98.1 Å². The molecule has 3 nitrogen and oxygen atoms in total. The van der Waals surface area contributed by atoms with Gasteiger partial charge in [0.15, 0.2) is 11.5 Å². The van der Waals surface area contributed by atoms with Gasteiger partial charge in [0.05, 0.1) is 13.2 Å². The lowest BCUT2D eigenvalue weighted by Gasteiger charge is -2.12. The van der Waals surface area contributed by atoms with E-state index >= 15 is 0 Å². The predicted octanol–water partition coefficient (Wildman–Crippen LogP) is 2.51. The van der Waals surface area contributed by atoms with Crippen LogP contribution >= 0.6 is 11.3 Å². The highest BCUT2D eigenvalue weighted by Crippen LogP contribution is 2.31. The van der Waals surface area contributed by atoms with E-state index in [-0.39, 0.29) is 11.8 Å². The Morgan fingerprint density at radius 2 is 2.19 bits per heavy atom. The van der Waals surface area contributed by atoms with E-state index in [1.54, 1.807) is 23.5 Å². The first-order chi connectivity index (χ1) is 7.72. The molecular formula is C12H13NO2S. The summed E-state index contributed by atoms with van der Waals surface area (Å²) in [7, 11) is 1.52. The largest absolute Gasteiger partial charge is 0.504 e. The molecule has 0 aliphatic heterocycles. The number of ether oxygens (including phenoxy) is 1. The van der Waals surface area contributed by atoms with Gasteiger partial charge in [0.25, 0.3) is 0 Å². The number of thiophene rings is 1. The topological polar surface area (TPSA) is 55.5 Å². The van der Waals surface area contributed by atoms with Gasteiger partial charge in [-0.2, -0.15) is 0 Å².